The van der Waals surface area contributed by atoms with Crippen LogP contribution in [0.1, 0.15) is 36.3 Å². The second-order valence-electron chi connectivity index (χ2n) is 5.90. The van der Waals surface area contributed by atoms with Crippen LogP contribution in [0.25, 0.3) is 6.08 Å². The van der Waals surface area contributed by atoms with Gasteiger partial charge in [0.25, 0.3) is 5.91 Å². The summed E-state index contributed by atoms with van der Waals surface area (Å²) in [6, 6.07) is 15.3. The number of benzene rings is 1. The molecule has 1 fully saturated rings. The van der Waals surface area contributed by atoms with Gasteiger partial charge in [0.1, 0.15) is 23.2 Å². The summed E-state index contributed by atoms with van der Waals surface area (Å²) in [5.41, 5.74) is 1.03. The number of nitrogens with one attached hydrogen (secondary N) is 1. The number of nitrogens with zero attached hydrogens (tertiary/aromatic N) is 1. The summed E-state index contributed by atoms with van der Waals surface area (Å²) in [5, 5.41) is 12.0. The normalized spacial score (nSPS) is 19.9. The van der Waals surface area contributed by atoms with E-state index in [1.54, 1.807) is 0 Å². The molecule has 1 N–H and O–H groups in total. The highest BCUT2D eigenvalue weighted by Gasteiger charge is 2.36. The van der Waals surface area contributed by atoms with Crippen molar-refractivity contribution in [2.45, 2.75) is 25.8 Å². The molecule has 1 heterocycles. The number of nitriles is 1. The van der Waals surface area contributed by atoms with E-state index in [0.717, 1.165) is 17.7 Å². The molecule has 1 aromatic heterocycles. The van der Waals surface area contributed by atoms with Crippen molar-refractivity contribution in [3.63, 3.8) is 0 Å². The van der Waals surface area contributed by atoms with Gasteiger partial charge in [-0.25, -0.2) is 0 Å². The monoisotopic (exact) mass is 306 g/mol. The number of carbonyl (C=O) groups is 1. The van der Waals surface area contributed by atoms with E-state index >= 15 is 0 Å². The van der Waals surface area contributed by atoms with Crippen LogP contribution in [0, 0.1) is 17.2 Å². The third-order valence-electron chi connectivity index (χ3n) is 4.07. The van der Waals surface area contributed by atoms with E-state index < -0.39 is 5.91 Å². The predicted octanol–water partition coefficient (Wildman–Crippen LogP) is 3.63. The third kappa shape index (κ3) is 3.70. The van der Waals surface area contributed by atoms with E-state index in [1.807, 2.05) is 48.5 Å². The number of amides is 1. The molecule has 1 aromatic carbocycles. The number of carbonyl (C=O) groups excluding carboxylic acids is 1. The molecule has 116 valence electrons. The fourth-order valence-electron chi connectivity index (χ4n) is 2.53. The molecular formula is C19H18N2O2. The Morgan fingerprint density at radius 2 is 2.09 bits per heavy atom. The Bertz CT molecular complexity index is 768. The molecule has 2 atom stereocenters. The summed E-state index contributed by atoms with van der Waals surface area (Å²) >= 11 is 0. The highest BCUT2D eigenvalue weighted by atomic mass is 16.3. The van der Waals surface area contributed by atoms with Crippen LogP contribution < -0.4 is 5.32 Å². The molecule has 4 heteroatoms. The van der Waals surface area contributed by atoms with E-state index in [-0.39, 0.29) is 5.57 Å². The first-order chi connectivity index (χ1) is 11.2. The minimum absolute atomic E-state index is 0.0469. The molecule has 3 rings (SSSR count). The molecule has 4 nitrogen and oxygen atoms in total. The zero-order valence-corrected chi connectivity index (χ0v) is 13.0. The highest BCUT2D eigenvalue weighted by Crippen LogP contribution is 2.47. The molecule has 0 aliphatic heterocycles. The molecular weight excluding hydrogens is 288 g/mol. The summed E-state index contributed by atoms with van der Waals surface area (Å²) in [4.78, 5) is 12.1. The minimum Gasteiger partial charge on any atom is -0.461 e. The average molecular weight is 306 g/mol. The SMILES string of the molecule is C[C@@H]1C[C@H]1c1ccc(/C=C(\C#N)C(=O)NCc2ccccc2)o1. The zero-order chi connectivity index (χ0) is 16.2. The Hall–Kier alpha value is -2.80. The molecule has 0 unspecified atom stereocenters. The second kappa shape index (κ2) is 6.53. The van der Waals surface area contributed by atoms with Gasteiger partial charge in [-0.05, 0) is 30.0 Å². The van der Waals surface area contributed by atoms with E-state index in [4.69, 9.17) is 4.42 Å². The van der Waals surface area contributed by atoms with Gasteiger partial charge in [0.2, 0.25) is 0 Å². The van der Waals surface area contributed by atoms with Gasteiger partial charge >= 0.3 is 0 Å². The molecule has 0 radical (unpaired) electrons. The lowest BCUT2D eigenvalue weighted by molar-refractivity contribution is -0.117. The summed E-state index contributed by atoms with van der Waals surface area (Å²) in [5.74, 6) is 2.22. The molecule has 0 saturated heterocycles. The van der Waals surface area contributed by atoms with Gasteiger partial charge in [-0.3, -0.25) is 4.79 Å². The number of hydrogen-bond donors (Lipinski definition) is 1. The number of rotatable bonds is 5. The summed E-state index contributed by atoms with van der Waals surface area (Å²) in [6.45, 7) is 2.57. The molecule has 1 saturated carbocycles. The first kappa shape index (κ1) is 15.1. The molecule has 1 aliphatic carbocycles. The van der Waals surface area contributed by atoms with Crippen LogP contribution >= 0.6 is 0 Å². The first-order valence-electron chi connectivity index (χ1n) is 7.71. The van der Waals surface area contributed by atoms with Gasteiger partial charge in [0.05, 0.1) is 0 Å². The van der Waals surface area contributed by atoms with E-state index in [2.05, 4.69) is 12.2 Å². The van der Waals surface area contributed by atoms with Gasteiger partial charge in [0.15, 0.2) is 0 Å². The quantitative estimate of drug-likeness (QED) is 0.677. The first-order valence-corrected chi connectivity index (χ1v) is 7.71. The number of hydrogen-bond acceptors (Lipinski definition) is 3. The maximum Gasteiger partial charge on any atom is 0.262 e. The van der Waals surface area contributed by atoms with Crippen LogP contribution in [0.2, 0.25) is 0 Å². The maximum absolute atomic E-state index is 12.1. The van der Waals surface area contributed by atoms with Crippen LogP contribution in [0.4, 0.5) is 0 Å². The number of furan rings is 1. The van der Waals surface area contributed by atoms with Crippen LogP contribution in [0.5, 0.6) is 0 Å². The Kier molecular flexibility index (Phi) is 4.29. The molecule has 2 aromatic rings. The van der Waals surface area contributed by atoms with E-state index in [9.17, 15) is 10.1 Å². The van der Waals surface area contributed by atoms with Crippen molar-refractivity contribution in [2.24, 2.45) is 5.92 Å². The largest absolute Gasteiger partial charge is 0.461 e. The minimum atomic E-state index is -0.394. The highest BCUT2D eigenvalue weighted by molar-refractivity contribution is 6.01. The second-order valence-corrected chi connectivity index (χ2v) is 5.90. The van der Waals surface area contributed by atoms with Crippen molar-refractivity contribution in [3.05, 3.63) is 65.1 Å². The summed E-state index contributed by atoms with van der Waals surface area (Å²) < 4.78 is 5.72. The summed E-state index contributed by atoms with van der Waals surface area (Å²) in [7, 11) is 0. The summed E-state index contributed by atoms with van der Waals surface area (Å²) in [6.07, 6.45) is 2.64. The van der Waals surface area contributed by atoms with Crippen molar-refractivity contribution < 1.29 is 9.21 Å². The van der Waals surface area contributed by atoms with Crippen molar-refractivity contribution in [1.82, 2.24) is 5.32 Å². The maximum atomic E-state index is 12.1. The van der Waals surface area contributed by atoms with E-state index in [0.29, 0.717) is 24.1 Å². The lowest BCUT2D eigenvalue weighted by Gasteiger charge is -2.03. The van der Waals surface area contributed by atoms with Crippen LogP contribution in [0.3, 0.4) is 0 Å². The predicted molar refractivity (Wildman–Crippen MR) is 87.1 cm³/mol. The smallest absolute Gasteiger partial charge is 0.262 e. The van der Waals surface area contributed by atoms with Gasteiger partial charge in [0, 0.05) is 18.5 Å². The Morgan fingerprint density at radius 1 is 1.35 bits per heavy atom. The van der Waals surface area contributed by atoms with Crippen molar-refractivity contribution in [2.75, 3.05) is 0 Å². The lowest BCUT2D eigenvalue weighted by atomic mass is 10.2. The lowest BCUT2D eigenvalue weighted by Crippen LogP contribution is -2.23. The Labute approximate surface area is 135 Å². The standard InChI is InChI=1S/C19H18N2O2/c1-13-9-17(13)18-8-7-16(23-18)10-15(11-20)19(22)21-12-14-5-3-2-4-6-14/h2-8,10,13,17H,9,12H2,1H3,(H,21,22)/b15-10+/t13-,17-/m1/s1. The fourth-order valence-corrected chi connectivity index (χ4v) is 2.53. The van der Waals surface area contributed by atoms with Gasteiger partial charge < -0.3 is 9.73 Å². The Balaban J connectivity index is 1.65. The molecule has 1 amide bonds. The van der Waals surface area contributed by atoms with Crippen molar-refractivity contribution >= 4 is 12.0 Å². The van der Waals surface area contributed by atoms with Crippen molar-refractivity contribution in [1.29, 1.82) is 5.26 Å². The van der Waals surface area contributed by atoms with Crippen LogP contribution in [-0.4, -0.2) is 5.91 Å². The van der Waals surface area contributed by atoms with Crippen molar-refractivity contribution in [3.8, 4) is 6.07 Å². The van der Waals surface area contributed by atoms with E-state index in [1.165, 1.54) is 6.08 Å². The topological polar surface area (TPSA) is 66.0 Å². The molecule has 0 spiro atoms. The third-order valence-corrected chi connectivity index (χ3v) is 4.07. The van der Waals surface area contributed by atoms with Gasteiger partial charge in [-0.1, -0.05) is 37.3 Å². The van der Waals surface area contributed by atoms with Crippen LogP contribution in [-0.2, 0) is 11.3 Å². The van der Waals surface area contributed by atoms with Gasteiger partial charge in [-0.15, -0.1) is 0 Å². The van der Waals surface area contributed by atoms with Gasteiger partial charge in [-0.2, -0.15) is 5.26 Å². The Morgan fingerprint density at radius 3 is 2.74 bits per heavy atom. The zero-order valence-electron chi connectivity index (χ0n) is 13.0. The molecule has 0 bridgehead atoms. The molecule has 1 aliphatic rings. The van der Waals surface area contributed by atoms with Crippen LogP contribution in [0.15, 0.2) is 52.5 Å². The fraction of sp³-hybridized carbons (Fsp3) is 0.263. The molecule has 23 heavy (non-hydrogen) atoms. The average Bonchev–Trinajstić information content (AvgIpc) is 3.12.